The van der Waals surface area contributed by atoms with Gasteiger partial charge in [0, 0.05) is 5.39 Å². The van der Waals surface area contributed by atoms with Crippen LogP contribution in [0.2, 0.25) is 0 Å². The van der Waals surface area contributed by atoms with Crippen molar-refractivity contribution in [3.8, 4) is 0 Å². The van der Waals surface area contributed by atoms with Crippen LogP contribution in [0.15, 0.2) is 24.3 Å². The summed E-state index contributed by atoms with van der Waals surface area (Å²) in [6, 6.07) is 6.25. The van der Waals surface area contributed by atoms with Gasteiger partial charge in [-0.1, -0.05) is 12.1 Å². The van der Waals surface area contributed by atoms with Crippen molar-refractivity contribution in [3.63, 3.8) is 0 Å². The van der Waals surface area contributed by atoms with Crippen molar-refractivity contribution in [2.24, 2.45) is 0 Å². The first-order chi connectivity index (χ1) is 10.0. The normalized spacial score (nSPS) is 12.6. The van der Waals surface area contributed by atoms with Gasteiger partial charge in [0.15, 0.2) is 0 Å². The highest BCUT2D eigenvalue weighted by Gasteiger charge is 2.18. The highest BCUT2D eigenvalue weighted by Crippen LogP contribution is 2.21. The zero-order chi connectivity index (χ0) is 15.4. The third-order valence-electron chi connectivity index (χ3n) is 2.90. The van der Waals surface area contributed by atoms with Gasteiger partial charge in [0.25, 0.3) is 0 Å². The molecule has 112 valence electrons. The molecule has 0 bridgehead atoms. The molecule has 3 N–H and O–H groups in total. The Hall–Kier alpha value is -2.25. The van der Waals surface area contributed by atoms with Gasteiger partial charge < -0.3 is 20.4 Å². The largest absolute Gasteiger partial charge is 0.480 e. The van der Waals surface area contributed by atoms with Crippen LogP contribution in [-0.4, -0.2) is 57.8 Å². The number of nitrogens with zero attached hydrogens (tertiary/aromatic N) is 3. The second-order valence-corrected chi connectivity index (χ2v) is 4.96. The summed E-state index contributed by atoms with van der Waals surface area (Å²) < 4.78 is 0. The summed E-state index contributed by atoms with van der Waals surface area (Å²) in [6.07, 6.45) is 0. The lowest BCUT2D eigenvalue weighted by Crippen LogP contribution is -2.33. The monoisotopic (exact) mass is 290 g/mol. The predicted octanol–water partition coefficient (Wildman–Crippen LogP) is 0.549. The van der Waals surface area contributed by atoms with E-state index in [1.807, 2.05) is 43.3 Å². The van der Waals surface area contributed by atoms with Crippen LogP contribution in [0.3, 0.4) is 0 Å². The molecule has 0 fully saturated rings. The Bertz CT molecular complexity index is 645. The van der Waals surface area contributed by atoms with E-state index in [4.69, 9.17) is 10.2 Å². The van der Waals surface area contributed by atoms with Gasteiger partial charge in [0.05, 0.1) is 18.7 Å². The number of rotatable bonds is 6. The number of carboxylic acids is 1. The second kappa shape index (κ2) is 6.47. The van der Waals surface area contributed by atoms with Gasteiger partial charge in [-0.25, -0.2) is 14.8 Å². The molecule has 2 aromatic rings. The van der Waals surface area contributed by atoms with Crippen LogP contribution in [0.5, 0.6) is 0 Å². The maximum absolute atomic E-state index is 11.1. The Morgan fingerprint density at radius 2 is 2.05 bits per heavy atom. The molecular weight excluding hydrogens is 272 g/mol. The maximum atomic E-state index is 11.1. The van der Waals surface area contributed by atoms with Crippen molar-refractivity contribution in [1.29, 1.82) is 0 Å². The highest BCUT2D eigenvalue weighted by atomic mass is 16.4. The SMILES string of the molecule is CN(C)Cc1nc(NC(CO)C(=O)O)c2ccccc2n1. The summed E-state index contributed by atoms with van der Waals surface area (Å²) in [6.45, 7) is 0.0209. The third kappa shape index (κ3) is 3.65. The number of aliphatic hydroxyl groups is 1. The van der Waals surface area contributed by atoms with Gasteiger partial charge in [0.1, 0.15) is 17.7 Å². The van der Waals surface area contributed by atoms with Gasteiger partial charge in [0.2, 0.25) is 0 Å². The fourth-order valence-corrected chi connectivity index (χ4v) is 1.94. The van der Waals surface area contributed by atoms with Crippen molar-refractivity contribution in [2.45, 2.75) is 12.6 Å². The average Bonchev–Trinajstić information content (AvgIpc) is 2.43. The molecule has 0 saturated carbocycles. The van der Waals surface area contributed by atoms with E-state index in [0.29, 0.717) is 18.2 Å². The Kier molecular flexibility index (Phi) is 4.66. The summed E-state index contributed by atoms with van der Waals surface area (Å²) in [5.74, 6) is -0.128. The number of nitrogens with one attached hydrogen (secondary N) is 1. The Morgan fingerprint density at radius 3 is 2.67 bits per heavy atom. The predicted molar refractivity (Wildman–Crippen MR) is 79.1 cm³/mol. The van der Waals surface area contributed by atoms with Crippen molar-refractivity contribution in [3.05, 3.63) is 30.1 Å². The standard InChI is InChI=1S/C14H18N4O3/c1-18(2)7-12-15-10-6-4-3-5-9(10)13(17-12)16-11(8-19)14(20)21/h3-6,11,19H,7-8H2,1-2H3,(H,20,21)(H,15,16,17). The summed E-state index contributed by atoms with van der Waals surface area (Å²) >= 11 is 0. The number of hydrogen-bond acceptors (Lipinski definition) is 6. The molecule has 7 nitrogen and oxygen atoms in total. The summed E-state index contributed by atoms with van der Waals surface area (Å²) in [7, 11) is 3.80. The Balaban J connectivity index is 2.46. The number of para-hydroxylation sites is 1. The van der Waals surface area contributed by atoms with E-state index < -0.39 is 18.6 Å². The number of carbonyl (C=O) groups is 1. The maximum Gasteiger partial charge on any atom is 0.328 e. The molecule has 0 amide bonds. The number of benzene rings is 1. The van der Waals surface area contributed by atoms with E-state index >= 15 is 0 Å². The fourth-order valence-electron chi connectivity index (χ4n) is 1.94. The van der Waals surface area contributed by atoms with Crippen LogP contribution in [0.1, 0.15) is 5.82 Å². The molecule has 1 unspecified atom stereocenters. The molecule has 1 atom stereocenters. The number of anilines is 1. The molecule has 0 radical (unpaired) electrons. The van der Waals surface area contributed by atoms with Crippen LogP contribution >= 0.6 is 0 Å². The van der Waals surface area contributed by atoms with Gasteiger partial charge >= 0.3 is 5.97 Å². The Morgan fingerprint density at radius 1 is 1.33 bits per heavy atom. The minimum atomic E-state index is -1.13. The fraction of sp³-hybridized carbons (Fsp3) is 0.357. The summed E-state index contributed by atoms with van der Waals surface area (Å²) in [5.41, 5.74) is 0.730. The molecule has 2 rings (SSSR count). The zero-order valence-corrected chi connectivity index (χ0v) is 11.9. The molecule has 0 aliphatic rings. The van der Waals surface area contributed by atoms with E-state index in [1.54, 1.807) is 0 Å². The summed E-state index contributed by atoms with van der Waals surface area (Å²) in [4.78, 5) is 21.8. The van der Waals surface area contributed by atoms with Crippen molar-refractivity contribution in [2.75, 3.05) is 26.0 Å². The number of fused-ring (bicyclic) bond motifs is 1. The Labute approximate surface area is 122 Å². The van der Waals surface area contributed by atoms with E-state index in [2.05, 4.69) is 15.3 Å². The quantitative estimate of drug-likeness (QED) is 0.714. The molecule has 0 saturated heterocycles. The minimum Gasteiger partial charge on any atom is -0.480 e. The molecular formula is C14H18N4O3. The minimum absolute atomic E-state index is 0.416. The molecule has 21 heavy (non-hydrogen) atoms. The lowest BCUT2D eigenvalue weighted by Gasteiger charge is -2.16. The van der Waals surface area contributed by atoms with Crippen LogP contribution in [0.4, 0.5) is 5.82 Å². The second-order valence-electron chi connectivity index (χ2n) is 4.96. The highest BCUT2D eigenvalue weighted by molar-refractivity contribution is 5.90. The molecule has 1 aromatic heterocycles. The number of aliphatic hydroxyl groups excluding tert-OH is 1. The van der Waals surface area contributed by atoms with Crippen molar-refractivity contribution >= 4 is 22.7 Å². The van der Waals surface area contributed by atoms with Crippen LogP contribution < -0.4 is 5.32 Å². The zero-order valence-electron chi connectivity index (χ0n) is 11.9. The first-order valence-corrected chi connectivity index (χ1v) is 6.52. The van der Waals surface area contributed by atoms with Gasteiger partial charge in [-0.15, -0.1) is 0 Å². The third-order valence-corrected chi connectivity index (χ3v) is 2.90. The van der Waals surface area contributed by atoms with Gasteiger partial charge in [-0.3, -0.25) is 0 Å². The topological polar surface area (TPSA) is 98.6 Å². The number of carboxylic acid groups (broad SMARTS) is 1. The van der Waals surface area contributed by atoms with Crippen LogP contribution in [0.25, 0.3) is 10.9 Å². The number of hydrogen-bond donors (Lipinski definition) is 3. The lowest BCUT2D eigenvalue weighted by atomic mass is 10.2. The summed E-state index contributed by atoms with van der Waals surface area (Å²) in [5, 5.41) is 21.7. The molecule has 7 heteroatoms. The number of aromatic nitrogens is 2. The van der Waals surface area contributed by atoms with Crippen LogP contribution in [0, 0.1) is 0 Å². The van der Waals surface area contributed by atoms with Crippen LogP contribution in [-0.2, 0) is 11.3 Å². The van der Waals surface area contributed by atoms with E-state index in [1.165, 1.54) is 0 Å². The van der Waals surface area contributed by atoms with Gasteiger partial charge in [-0.2, -0.15) is 0 Å². The van der Waals surface area contributed by atoms with E-state index in [-0.39, 0.29) is 0 Å². The van der Waals surface area contributed by atoms with Crippen molar-refractivity contribution < 1.29 is 15.0 Å². The first kappa shape index (κ1) is 15.1. The van der Waals surface area contributed by atoms with E-state index in [0.717, 1.165) is 10.9 Å². The smallest absolute Gasteiger partial charge is 0.328 e. The average molecular weight is 290 g/mol. The molecule has 1 aromatic carbocycles. The molecule has 1 heterocycles. The van der Waals surface area contributed by atoms with Gasteiger partial charge in [-0.05, 0) is 26.2 Å². The molecule has 0 spiro atoms. The first-order valence-electron chi connectivity index (χ1n) is 6.52. The molecule has 0 aliphatic carbocycles. The number of aliphatic carboxylic acids is 1. The van der Waals surface area contributed by atoms with E-state index in [9.17, 15) is 4.79 Å². The lowest BCUT2D eigenvalue weighted by molar-refractivity contribution is -0.138. The van der Waals surface area contributed by atoms with Crippen molar-refractivity contribution in [1.82, 2.24) is 14.9 Å². The molecule has 0 aliphatic heterocycles.